The molecule has 0 aliphatic carbocycles. The van der Waals surface area contributed by atoms with E-state index in [0.29, 0.717) is 48.2 Å². The second-order valence-electron chi connectivity index (χ2n) is 6.83. The Kier molecular flexibility index (Phi) is 7.13. The molecule has 0 atom stereocenters. The number of amides is 2. The van der Waals surface area contributed by atoms with Crippen molar-refractivity contribution in [1.82, 2.24) is 4.90 Å². The maximum absolute atomic E-state index is 12.7. The van der Waals surface area contributed by atoms with E-state index in [1.54, 1.807) is 42.3 Å². The first kappa shape index (κ1) is 21.4. The number of ether oxygens (including phenoxy) is 4. The van der Waals surface area contributed by atoms with Gasteiger partial charge in [-0.25, -0.2) is 0 Å². The number of rotatable bonds is 8. The summed E-state index contributed by atoms with van der Waals surface area (Å²) in [5, 5.41) is 2.88. The van der Waals surface area contributed by atoms with Gasteiger partial charge in [0.1, 0.15) is 17.2 Å². The molecule has 1 N–H and O–H groups in total. The molecule has 0 unspecified atom stereocenters. The highest BCUT2D eigenvalue weighted by molar-refractivity contribution is 6.04. The van der Waals surface area contributed by atoms with Gasteiger partial charge in [0.25, 0.3) is 11.8 Å². The van der Waals surface area contributed by atoms with Crippen molar-refractivity contribution in [1.29, 1.82) is 0 Å². The van der Waals surface area contributed by atoms with Gasteiger partial charge in [-0.15, -0.1) is 0 Å². The number of hydrogen-bond acceptors (Lipinski definition) is 6. The van der Waals surface area contributed by atoms with E-state index in [1.807, 2.05) is 6.07 Å². The van der Waals surface area contributed by atoms with Gasteiger partial charge in [-0.2, -0.15) is 0 Å². The molecule has 160 valence electrons. The third-order valence-electron chi connectivity index (χ3n) is 4.77. The van der Waals surface area contributed by atoms with Crippen LogP contribution in [-0.4, -0.2) is 57.8 Å². The molecule has 0 radical (unpaired) electrons. The molecule has 2 amide bonds. The largest absolute Gasteiger partial charge is 0.497 e. The van der Waals surface area contributed by atoms with Crippen LogP contribution >= 0.6 is 0 Å². The summed E-state index contributed by atoms with van der Waals surface area (Å²) >= 11 is 0. The van der Waals surface area contributed by atoms with Crippen LogP contribution in [0.5, 0.6) is 17.2 Å². The van der Waals surface area contributed by atoms with Crippen molar-refractivity contribution < 1.29 is 28.5 Å². The van der Waals surface area contributed by atoms with E-state index in [2.05, 4.69) is 5.32 Å². The van der Waals surface area contributed by atoms with Crippen LogP contribution in [0.3, 0.4) is 0 Å². The highest BCUT2D eigenvalue weighted by Gasteiger charge is 2.22. The molecule has 1 aliphatic rings. The van der Waals surface area contributed by atoms with Crippen LogP contribution < -0.4 is 19.5 Å². The van der Waals surface area contributed by atoms with Gasteiger partial charge in [0.05, 0.1) is 14.2 Å². The van der Waals surface area contributed by atoms with Crippen LogP contribution in [0.15, 0.2) is 36.4 Å². The Balaban J connectivity index is 1.77. The van der Waals surface area contributed by atoms with Crippen LogP contribution in [0.2, 0.25) is 0 Å². The maximum Gasteiger partial charge on any atom is 0.260 e. The van der Waals surface area contributed by atoms with Crippen LogP contribution in [0, 0.1) is 0 Å². The Morgan fingerprint density at radius 3 is 2.50 bits per heavy atom. The minimum atomic E-state index is -0.297. The highest BCUT2D eigenvalue weighted by atomic mass is 16.5. The van der Waals surface area contributed by atoms with Crippen LogP contribution in [0.1, 0.15) is 22.3 Å². The van der Waals surface area contributed by atoms with Crippen molar-refractivity contribution in [3.63, 3.8) is 0 Å². The minimum Gasteiger partial charge on any atom is -0.497 e. The lowest BCUT2D eigenvalue weighted by molar-refractivity contribution is -0.133. The molecular weight excluding hydrogens is 388 g/mol. The summed E-state index contributed by atoms with van der Waals surface area (Å²) in [6.45, 7) is 1.57. The van der Waals surface area contributed by atoms with E-state index in [9.17, 15) is 9.59 Å². The average molecular weight is 414 g/mol. The Morgan fingerprint density at radius 2 is 1.83 bits per heavy atom. The van der Waals surface area contributed by atoms with Gasteiger partial charge >= 0.3 is 0 Å². The summed E-state index contributed by atoms with van der Waals surface area (Å²) in [6, 6.07) is 10.3. The van der Waals surface area contributed by atoms with E-state index in [-0.39, 0.29) is 18.4 Å². The molecule has 8 heteroatoms. The topological polar surface area (TPSA) is 86.3 Å². The van der Waals surface area contributed by atoms with Gasteiger partial charge in [-0.3, -0.25) is 9.59 Å². The molecule has 0 fully saturated rings. The molecule has 8 nitrogen and oxygen atoms in total. The lowest BCUT2D eigenvalue weighted by atomic mass is 10.1. The normalized spacial score (nSPS) is 13.2. The summed E-state index contributed by atoms with van der Waals surface area (Å²) < 4.78 is 21.2. The first-order valence-corrected chi connectivity index (χ1v) is 9.61. The fourth-order valence-electron chi connectivity index (χ4n) is 3.19. The number of methoxy groups -OCH3 is 3. The molecule has 30 heavy (non-hydrogen) atoms. The Hall–Kier alpha value is -3.26. The second kappa shape index (κ2) is 9.98. The van der Waals surface area contributed by atoms with Crippen molar-refractivity contribution >= 4 is 17.5 Å². The molecular formula is C22H26N2O6. The molecule has 1 heterocycles. The van der Waals surface area contributed by atoms with Gasteiger partial charge in [-0.05, 0) is 36.8 Å². The molecule has 2 aromatic carbocycles. The molecule has 0 bridgehead atoms. The van der Waals surface area contributed by atoms with Gasteiger partial charge in [0.2, 0.25) is 0 Å². The first-order valence-electron chi connectivity index (χ1n) is 9.61. The fourth-order valence-corrected chi connectivity index (χ4v) is 3.19. The summed E-state index contributed by atoms with van der Waals surface area (Å²) in [6.07, 6.45) is 0.742. The Labute approximate surface area is 175 Å². The lowest BCUT2D eigenvalue weighted by Gasteiger charge is -2.20. The molecule has 2 aromatic rings. The number of carbonyl (C=O) groups is 2. The maximum atomic E-state index is 12.7. The number of nitrogens with one attached hydrogen (secondary N) is 1. The number of anilines is 1. The molecule has 0 saturated heterocycles. The van der Waals surface area contributed by atoms with Crippen molar-refractivity contribution in [3.05, 3.63) is 47.5 Å². The summed E-state index contributed by atoms with van der Waals surface area (Å²) in [4.78, 5) is 26.8. The predicted octanol–water partition coefficient (Wildman–Crippen LogP) is 2.71. The quantitative estimate of drug-likeness (QED) is 0.669. The number of carbonyl (C=O) groups excluding carboxylic acids is 2. The summed E-state index contributed by atoms with van der Waals surface area (Å²) in [5.41, 5.74) is 1.85. The van der Waals surface area contributed by atoms with E-state index < -0.39 is 0 Å². The Bertz CT molecular complexity index is 892. The van der Waals surface area contributed by atoms with Crippen molar-refractivity contribution in [2.75, 3.05) is 46.4 Å². The monoisotopic (exact) mass is 414 g/mol. The molecule has 0 spiro atoms. The zero-order valence-electron chi connectivity index (χ0n) is 17.4. The van der Waals surface area contributed by atoms with Gasteiger partial charge in [-0.1, -0.05) is 0 Å². The molecule has 1 aliphatic heterocycles. The average Bonchev–Trinajstić information content (AvgIpc) is 2.92. The van der Waals surface area contributed by atoms with Crippen molar-refractivity contribution in [2.24, 2.45) is 0 Å². The number of hydrogen-bond donors (Lipinski definition) is 1. The first-order chi connectivity index (χ1) is 14.5. The number of nitrogens with zero attached hydrogens (tertiary/aromatic N) is 1. The van der Waals surface area contributed by atoms with Crippen LogP contribution in [0.4, 0.5) is 5.69 Å². The van der Waals surface area contributed by atoms with E-state index >= 15 is 0 Å². The predicted molar refractivity (Wildman–Crippen MR) is 111 cm³/mol. The van der Waals surface area contributed by atoms with E-state index in [0.717, 1.165) is 12.0 Å². The van der Waals surface area contributed by atoms with Gasteiger partial charge in [0.15, 0.2) is 6.61 Å². The Morgan fingerprint density at radius 1 is 1.10 bits per heavy atom. The zero-order valence-corrected chi connectivity index (χ0v) is 17.4. The van der Waals surface area contributed by atoms with Gasteiger partial charge in [0, 0.05) is 49.7 Å². The second-order valence-corrected chi connectivity index (χ2v) is 6.83. The molecule has 3 rings (SSSR count). The van der Waals surface area contributed by atoms with Crippen molar-refractivity contribution in [2.45, 2.75) is 13.0 Å². The standard InChI is InChI=1S/C22H26N2O6/c1-27-8-4-7-24-13-16-9-17(5-6-20(16)30-14-21(24)25)23-22(26)15-10-18(28-2)12-19(11-15)29-3/h5-6,9-12H,4,7-8,13-14H2,1-3H3,(H,23,26). The van der Waals surface area contributed by atoms with Crippen LogP contribution in [-0.2, 0) is 16.1 Å². The smallest absolute Gasteiger partial charge is 0.260 e. The summed E-state index contributed by atoms with van der Waals surface area (Å²) in [5.74, 6) is 1.32. The SMILES string of the molecule is COCCCN1Cc2cc(NC(=O)c3cc(OC)cc(OC)c3)ccc2OCC1=O. The highest BCUT2D eigenvalue weighted by Crippen LogP contribution is 2.28. The third-order valence-corrected chi connectivity index (χ3v) is 4.77. The minimum absolute atomic E-state index is 0.00467. The van der Waals surface area contributed by atoms with Crippen molar-refractivity contribution in [3.8, 4) is 17.2 Å². The lowest BCUT2D eigenvalue weighted by Crippen LogP contribution is -2.33. The summed E-state index contributed by atoms with van der Waals surface area (Å²) in [7, 11) is 4.70. The molecule has 0 saturated carbocycles. The van der Waals surface area contributed by atoms with E-state index in [1.165, 1.54) is 14.2 Å². The molecule has 0 aromatic heterocycles. The fraction of sp³-hybridized carbons (Fsp3) is 0.364. The number of fused-ring (bicyclic) bond motifs is 1. The zero-order chi connectivity index (χ0) is 21.5. The van der Waals surface area contributed by atoms with Gasteiger partial charge < -0.3 is 29.2 Å². The third kappa shape index (κ3) is 5.21. The van der Waals surface area contributed by atoms with E-state index in [4.69, 9.17) is 18.9 Å². The number of benzene rings is 2. The van der Waals surface area contributed by atoms with Crippen LogP contribution in [0.25, 0.3) is 0 Å².